The Morgan fingerprint density at radius 1 is 1.44 bits per heavy atom. The first kappa shape index (κ1) is 9.35. The minimum atomic E-state index is 0.865. The molecule has 1 atom stereocenters. The summed E-state index contributed by atoms with van der Waals surface area (Å²) < 4.78 is 4.88. The van der Waals surface area contributed by atoms with Gasteiger partial charge in [0, 0.05) is 13.7 Å². The topological polar surface area (TPSA) is 21.3 Å². The van der Waals surface area contributed by atoms with Gasteiger partial charge in [-0.1, -0.05) is 0 Å². The molecule has 1 unspecified atom stereocenters. The van der Waals surface area contributed by atoms with E-state index in [4.69, 9.17) is 4.74 Å². The highest BCUT2D eigenvalue weighted by molar-refractivity contribution is 7.16. The maximum atomic E-state index is 4.88. The quantitative estimate of drug-likeness (QED) is 0.438. The number of ether oxygens (including phenoxy) is 1. The fourth-order valence-corrected chi connectivity index (χ4v) is 0.773. The van der Waals surface area contributed by atoms with E-state index >= 15 is 0 Å². The first-order chi connectivity index (χ1) is 4.41. The van der Waals surface area contributed by atoms with Gasteiger partial charge in [0.1, 0.15) is 0 Å². The van der Waals surface area contributed by atoms with Crippen LogP contribution in [0.2, 0.25) is 0 Å². The van der Waals surface area contributed by atoms with Gasteiger partial charge in [-0.3, -0.25) is 0 Å². The highest BCUT2D eigenvalue weighted by atomic mass is 31.0. The van der Waals surface area contributed by atoms with Crippen LogP contribution in [0.3, 0.4) is 0 Å². The zero-order chi connectivity index (χ0) is 6.95. The lowest BCUT2D eigenvalue weighted by atomic mass is 10.4. The molecule has 0 rings (SSSR count). The van der Waals surface area contributed by atoms with Crippen LogP contribution in [0, 0.1) is 0 Å². The lowest BCUT2D eigenvalue weighted by Gasteiger charge is -2.00. The highest BCUT2D eigenvalue weighted by Gasteiger charge is 1.83. The third kappa shape index (κ3) is 8.35. The van der Waals surface area contributed by atoms with Crippen LogP contribution in [0.1, 0.15) is 6.42 Å². The fraction of sp³-hybridized carbons (Fsp3) is 1.00. The van der Waals surface area contributed by atoms with E-state index in [1.165, 1.54) is 0 Å². The van der Waals surface area contributed by atoms with Crippen molar-refractivity contribution in [3.8, 4) is 0 Å². The van der Waals surface area contributed by atoms with E-state index in [1.807, 2.05) is 0 Å². The molecule has 0 aromatic heterocycles. The molecular weight excluding hydrogens is 133 g/mol. The molecule has 0 aliphatic carbocycles. The summed E-state index contributed by atoms with van der Waals surface area (Å²) in [7, 11) is 4.42. The van der Waals surface area contributed by atoms with Crippen molar-refractivity contribution in [2.45, 2.75) is 6.42 Å². The molecule has 9 heavy (non-hydrogen) atoms. The van der Waals surface area contributed by atoms with Gasteiger partial charge < -0.3 is 10.1 Å². The van der Waals surface area contributed by atoms with E-state index < -0.39 is 0 Å². The summed E-state index contributed by atoms with van der Waals surface area (Å²) in [4.78, 5) is 0. The summed E-state index contributed by atoms with van der Waals surface area (Å²) in [6.45, 7) is 3.03. The molecule has 0 spiro atoms. The van der Waals surface area contributed by atoms with Crippen LogP contribution in [0.4, 0.5) is 0 Å². The van der Waals surface area contributed by atoms with Crippen LogP contribution < -0.4 is 5.32 Å². The Kier molecular flexibility index (Phi) is 8.67. The molecule has 0 amide bonds. The second kappa shape index (κ2) is 8.35. The molecule has 0 heterocycles. The van der Waals surface area contributed by atoms with E-state index in [0.717, 1.165) is 32.3 Å². The van der Waals surface area contributed by atoms with Crippen molar-refractivity contribution < 1.29 is 4.74 Å². The molecule has 0 aromatic rings. The molecule has 0 radical (unpaired) electrons. The smallest absolute Gasteiger partial charge is 0.0474 e. The van der Waals surface area contributed by atoms with Crippen LogP contribution in [-0.2, 0) is 4.74 Å². The predicted molar refractivity (Wildman–Crippen MR) is 43.9 cm³/mol. The maximum absolute atomic E-state index is 4.88. The molecule has 56 valence electrons. The number of nitrogens with one attached hydrogen (secondary N) is 1. The Morgan fingerprint density at radius 3 is 2.78 bits per heavy atom. The Hall–Kier alpha value is 0.350. The molecule has 0 bridgehead atoms. The molecule has 0 aromatic carbocycles. The van der Waals surface area contributed by atoms with Crippen molar-refractivity contribution in [1.29, 1.82) is 0 Å². The monoisotopic (exact) mass is 149 g/mol. The van der Waals surface area contributed by atoms with E-state index in [2.05, 4.69) is 14.6 Å². The molecule has 1 N–H and O–H groups in total. The van der Waals surface area contributed by atoms with Crippen molar-refractivity contribution in [2.75, 3.05) is 33.0 Å². The van der Waals surface area contributed by atoms with Crippen molar-refractivity contribution in [3.05, 3.63) is 0 Å². The predicted octanol–water partition coefficient (Wildman–Crippen LogP) is 0.488. The minimum absolute atomic E-state index is 0.865. The zero-order valence-electron chi connectivity index (χ0n) is 6.02. The second-order valence-corrected chi connectivity index (χ2v) is 2.46. The number of hydrogen-bond acceptors (Lipinski definition) is 2. The van der Waals surface area contributed by atoms with E-state index in [9.17, 15) is 0 Å². The molecule has 0 aliphatic heterocycles. The zero-order valence-corrected chi connectivity index (χ0v) is 7.18. The average molecular weight is 149 g/mol. The lowest BCUT2D eigenvalue weighted by Crippen LogP contribution is -2.18. The van der Waals surface area contributed by atoms with Gasteiger partial charge in [0.15, 0.2) is 0 Å². The van der Waals surface area contributed by atoms with Gasteiger partial charge in [0.25, 0.3) is 0 Å². The normalized spacial score (nSPS) is 10.0. The van der Waals surface area contributed by atoms with Gasteiger partial charge in [0.2, 0.25) is 0 Å². The third-order valence-corrected chi connectivity index (χ3v) is 1.31. The summed E-state index contributed by atoms with van der Waals surface area (Å²) in [5.74, 6) is 0. The Labute approximate surface area is 59.6 Å². The molecular formula is C6H16NOP. The first-order valence-corrected chi connectivity index (χ1v) is 4.13. The first-order valence-electron chi connectivity index (χ1n) is 3.31. The van der Waals surface area contributed by atoms with E-state index in [-0.39, 0.29) is 0 Å². The average Bonchev–Trinajstić information content (AvgIpc) is 1.89. The standard InChI is InChI=1S/C6H16NOP/c1-8-5-2-3-7-4-6-9/h7H,2-6,9H2,1H3. The van der Waals surface area contributed by atoms with Gasteiger partial charge in [-0.2, -0.15) is 0 Å². The van der Waals surface area contributed by atoms with Crippen molar-refractivity contribution >= 4 is 9.24 Å². The van der Waals surface area contributed by atoms with Crippen molar-refractivity contribution in [2.24, 2.45) is 0 Å². The summed E-state index contributed by atoms with van der Waals surface area (Å²) in [6, 6.07) is 0. The van der Waals surface area contributed by atoms with Crippen LogP contribution in [0.15, 0.2) is 0 Å². The molecule has 3 heteroatoms. The summed E-state index contributed by atoms with van der Waals surface area (Å²) >= 11 is 0. The molecule has 0 aliphatic rings. The van der Waals surface area contributed by atoms with Crippen LogP contribution >= 0.6 is 9.24 Å². The Balaban J connectivity index is 2.60. The van der Waals surface area contributed by atoms with Gasteiger partial charge in [0.05, 0.1) is 0 Å². The Bertz CT molecular complexity index is 46.3. The number of hydrogen-bond donors (Lipinski definition) is 1. The van der Waals surface area contributed by atoms with Crippen molar-refractivity contribution in [3.63, 3.8) is 0 Å². The highest BCUT2D eigenvalue weighted by Crippen LogP contribution is 1.78. The van der Waals surface area contributed by atoms with Gasteiger partial charge >= 0.3 is 0 Å². The van der Waals surface area contributed by atoms with Gasteiger partial charge in [-0.15, -0.1) is 9.24 Å². The third-order valence-electron chi connectivity index (χ3n) is 1.02. The largest absolute Gasteiger partial charge is 0.385 e. The summed E-state index contributed by atoms with van der Waals surface area (Å²) in [5.41, 5.74) is 0. The van der Waals surface area contributed by atoms with Crippen LogP contribution in [0.25, 0.3) is 0 Å². The van der Waals surface area contributed by atoms with E-state index in [0.29, 0.717) is 0 Å². The fourth-order valence-electron chi connectivity index (χ4n) is 0.569. The number of rotatable bonds is 6. The van der Waals surface area contributed by atoms with Gasteiger partial charge in [-0.05, 0) is 25.7 Å². The Morgan fingerprint density at radius 2 is 2.22 bits per heavy atom. The summed E-state index contributed by atoms with van der Waals surface area (Å²) in [6.07, 6.45) is 2.24. The maximum Gasteiger partial charge on any atom is 0.0474 e. The lowest BCUT2D eigenvalue weighted by molar-refractivity contribution is 0.194. The molecule has 0 fully saturated rings. The van der Waals surface area contributed by atoms with Crippen molar-refractivity contribution in [1.82, 2.24) is 5.32 Å². The molecule has 0 saturated carbocycles. The SMILES string of the molecule is COCCCNCCP. The molecule has 2 nitrogen and oxygen atoms in total. The summed E-state index contributed by atoms with van der Waals surface area (Å²) in [5, 5.41) is 3.27. The van der Waals surface area contributed by atoms with E-state index in [1.54, 1.807) is 7.11 Å². The number of methoxy groups -OCH3 is 1. The van der Waals surface area contributed by atoms with Crippen LogP contribution in [0.5, 0.6) is 0 Å². The van der Waals surface area contributed by atoms with Crippen LogP contribution in [-0.4, -0.2) is 33.0 Å². The second-order valence-electron chi connectivity index (χ2n) is 1.89. The minimum Gasteiger partial charge on any atom is -0.385 e. The molecule has 0 saturated heterocycles. The van der Waals surface area contributed by atoms with Gasteiger partial charge in [-0.25, -0.2) is 0 Å².